The van der Waals surface area contributed by atoms with Gasteiger partial charge in [0, 0.05) is 19.7 Å². The van der Waals surface area contributed by atoms with Gasteiger partial charge in [-0.1, -0.05) is 30.3 Å². The zero-order valence-electron chi connectivity index (χ0n) is 8.78. The normalized spacial score (nSPS) is 16.8. The second kappa shape index (κ2) is 3.35. The first-order chi connectivity index (χ1) is 6.70. The summed E-state index contributed by atoms with van der Waals surface area (Å²) in [5, 5.41) is 4.05. The first-order valence-electron chi connectivity index (χ1n) is 4.70. The van der Waals surface area contributed by atoms with Crippen molar-refractivity contribution in [3.63, 3.8) is 0 Å². The predicted molar refractivity (Wildman–Crippen MR) is 57.7 cm³/mol. The summed E-state index contributed by atoms with van der Waals surface area (Å²) in [5.74, 6) is 0. The van der Waals surface area contributed by atoms with Gasteiger partial charge >= 0.3 is 0 Å². The van der Waals surface area contributed by atoms with Crippen molar-refractivity contribution in [3.8, 4) is 0 Å². The van der Waals surface area contributed by atoms with E-state index >= 15 is 0 Å². The number of hydrazine groups is 2. The quantitative estimate of drug-likeness (QED) is 0.725. The number of nitrogens with one attached hydrogen (secondary N) is 1. The molecule has 0 aliphatic carbocycles. The Labute approximate surface area is 84.6 Å². The summed E-state index contributed by atoms with van der Waals surface area (Å²) in [6, 6.07) is 10.4. The van der Waals surface area contributed by atoms with Gasteiger partial charge in [-0.15, -0.1) is 5.53 Å². The van der Waals surface area contributed by atoms with E-state index in [1.165, 1.54) is 17.0 Å². The number of allylic oxidation sites excluding steroid dienone is 1. The molecule has 0 fully saturated rings. The van der Waals surface area contributed by atoms with E-state index in [4.69, 9.17) is 0 Å². The van der Waals surface area contributed by atoms with Crippen LogP contribution in [0.4, 0.5) is 0 Å². The average molecular weight is 189 g/mol. The maximum atomic E-state index is 3.21. The number of benzene rings is 1. The molecule has 14 heavy (non-hydrogen) atoms. The highest BCUT2D eigenvalue weighted by Gasteiger charge is 2.20. The highest BCUT2D eigenvalue weighted by molar-refractivity contribution is 5.67. The zero-order valence-corrected chi connectivity index (χ0v) is 8.78. The molecule has 2 rings (SSSR count). The van der Waals surface area contributed by atoms with Crippen molar-refractivity contribution in [2.24, 2.45) is 0 Å². The Balaban J connectivity index is 2.44. The van der Waals surface area contributed by atoms with Crippen LogP contribution in [0.25, 0.3) is 5.70 Å². The smallest absolute Gasteiger partial charge is 0.0809 e. The molecule has 1 aromatic carbocycles. The molecule has 0 aromatic heterocycles. The minimum absolute atomic E-state index is 1.23. The summed E-state index contributed by atoms with van der Waals surface area (Å²) in [7, 11) is 4.04. The highest BCUT2D eigenvalue weighted by Crippen LogP contribution is 2.25. The number of rotatable bonds is 1. The minimum Gasteiger partial charge on any atom is -0.296 e. The predicted octanol–water partition coefficient (Wildman–Crippen LogP) is 1.67. The maximum absolute atomic E-state index is 3.21. The Hall–Kier alpha value is -1.48. The van der Waals surface area contributed by atoms with Crippen LogP contribution in [0.2, 0.25) is 0 Å². The molecule has 0 spiro atoms. The molecule has 0 saturated heterocycles. The van der Waals surface area contributed by atoms with Gasteiger partial charge in [-0.05, 0) is 6.92 Å². The highest BCUT2D eigenvalue weighted by atomic mass is 15.8. The Kier molecular flexibility index (Phi) is 2.17. The van der Waals surface area contributed by atoms with E-state index < -0.39 is 0 Å². The largest absolute Gasteiger partial charge is 0.296 e. The molecule has 0 atom stereocenters. The topological polar surface area (TPSA) is 18.5 Å². The summed E-state index contributed by atoms with van der Waals surface area (Å²) in [6.07, 6.45) is 0. The van der Waals surface area contributed by atoms with Gasteiger partial charge in [-0.25, -0.2) is 0 Å². The molecule has 0 bridgehead atoms. The molecule has 3 heteroatoms. The lowest BCUT2D eigenvalue weighted by atomic mass is 10.1. The lowest BCUT2D eigenvalue weighted by Gasteiger charge is -2.17. The monoisotopic (exact) mass is 189 g/mol. The van der Waals surface area contributed by atoms with Gasteiger partial charge in [-0.2, -0.15) is 0 Å². The molecule has 3 nitrogen and oxygen atoms in total. The van der Waals surface area contributed by atoms with Crippen molar-refractivity contribution < 1.29 is 0 Å². The van der Waals surface area contributed by atoms with Crippen LogP contribution in [0.5, 0.6) is 0 Å². The van der Waals surface area contributed by atoms with Gasteiger partial charge in [0.05, 0.1) is 11.4 Å². The summed E-state index contributed by atoms with van der Waals surface area (Å²) < 4.78 is 0. The molecule has 1 aromatic rings. The second-order valence-electron chi connectivity index (χ2n) is 3.52. The molecule has 1 heterocycles. The molecular formula is C11H15N3. The first kappa shape index (κ1) is 9.09. The summed E-state index contributed by atoms with van der Waals surface area (Å²) in [6.45, 7) is 2.11. The van der Waals surface area contributed by atoms with Crippen LogP contribution < -0.4 is 5.53 Å². The van der Waals surface area contributed by atoms with E-state index in [1.54, 1.807) is 0 Å². The van der Waals surface area contributed by atoms with Crippen LogP contribution in [0.1, 0.15) is 12.5 Å². The fourth-order valence-electron chi connectivity index (χ4n) is 1.75. The molecule has 0 saturated carbocycles. The van der Waals surface area contributed by atoms with E-state index in [2.05, 4.69) is 36.7 Å². The van der Waals surface area contributed by atoms with Crippen LogP contribution >= 0.6 is 0 Å². The standard InChI is InChI=1S/C11H15N3/c1-9-11(14(3)12-13(9)2)10-7-5-4-6-8-10/h4-8,12H,1-3H3. The van der Waals surface area contributed by atoms with Gasteiger partial charge in [0.2, 0.25) is 0 Å². The van der Waals surface area contributed by atoms with Crippen LogP contribution in [-0.4, -0.2) is 24.1 Å². The summed E-state index contributed by atoms with van der Waals surface area (Å²) in [4.78, 5) is 0. The van der Waals surface area contributed by atoms with Crippen molar-refractivity contribution in [2.45, 2.75) is 6.92 Å². The second-order valence-corrected chi connectivity index (χ2v) is 3.52. The lowest BCUT2D eigenvalue weighted by Crippen LogP contribution is -2.35. The maximum Gasteiger partial charge on any atom is 0.0809 e. The molecule has 0 amide bonds. The summed E-state index contributed by atoms with van der Waals surface area (Å²) >= 11 is 0. The fourth-order valence-corrected chi connectivity index (χ4v) is 1.75. The fraction of sp³-hybridized carbons (Fsp3) is 0.273. The van der Waals surface area contributed by atoms with Crippen molar-refractivity contribution in [2.75, 3.05) is 14.1 Å². The van der Waals surface area contributed by atoms with E-state index in [0.29, 0.717) is 0 Å². The minimum atomic E-state index is 1.23. The van der Waals surface area contributed by atoms with E-state index in [9.17, 15) is 0 Å². The first-order valence-corrected chi connectivity index (χ1v) is 4.70. The van der Waals surface area contributed by atoms with E-state index in [1.807, 2.05) is 30.2 Å². The van der Waals surface area contributed by atoms with E-state index in [0.717, 1.165) is 0 Å². The van der Waals surface area contributed by atoms with Crippen LogP contribution in [0, 0.1) is 0 Å². The SMILES string of the molecule is CC1=C(c2ccccc2)N(C)NN1C. The van der Waals surface area contributed by atoms with E-state index in [-0.39, 0.29) is 0 Å². The van der Waals surface area contributed by atoms with Crippen molar-refractivity contribution in [1.82, 2.24) is 15.6 Å². The number of hydrogen-bond donors (Lipinski definition) is 1. The molecular weight excluding hydrogens is 174 g/mol. The van der Waals surface area contributed by atoms with Gasteiger partial charge in [0.15, 0.2) is 0 Å². The summed E-state index contributed by atoms with van der Waals surface area (Å²) in [5.41, 5.74) is 6.91. The third-order valence-electron chi connectivity index (χ3n) is 2.53. The average Bonchev–Trinajstić information content (AvgIpc) is 2.43. The molecule has 0 radical (unpaired) electrons. The zero-order chi connectivity index (χ0) is 10.1. The van der Waals surface area contributed by atoms with Gasteiger partial charge in [0.1, 0.15) is 0 Å². The van der Waals surface area contributed by atoms with Gasteiger partial charge in [0.25, 0.3) is 0 Å². The Morgan fingerprint density at radius 1 is 1.00 bits per heavy atom. The molecule has 1 aliphatic heterocycles. The van der Waals surface area contributed by atoms with Crippen molar-refractivity contribution in [3.05, 3.63) is 41.6 Å². The lowest BCUT2D eigenvalue weighted by molar-refractivity contribution is 0.189. The van der Waals surface area contributed by atoms with Crippen molar-refractivity contribution in [1.29, 1.82) is 0 Å². The van der Waals surface area contributed by atoms with Crippen LogP contribution in [-0.2, 0) is 0 Å². The number of hydrogen-bond acceptors (Lipinski definition) is 3. The third-order valence-corrected chi connectivity index (χ3v) is 2.53. The number of nitrogens with zero attached hydrogens (tertiary/aromatic N) is 2. The molecule has 1 aliphatic rings. The van der Waals surface area contributed by atoms with Crippen LogP contribution in [0.15, 0.2) is 36.0 Å². The molecule has 74 valence electrons. The van der Waals surface area contributed by atoms with Gasteiger partial charge in [-0.3, -0.25) is 10.0 Å². The molecule has 0 unspecified atom stereocenters. The Morgan fingerprint density at radius 3 is 2.14 bits per heavy atom. The van der Waals surface area contributed by atoms with Gasteiger partial charge < -0.3 is 0 Å². The third kappa shape index (κ3) is 1.36. The Morgan fingerprint density at radius 2 is 1.64 bits per heavy atom. The van der Waals surface area contributed by atoms with Crippen LogP contribution in [0.3, 0.4) is 0 Å². The molecule has 1 N–H and O–H groups in total. The Bertz CT molecular complexity index is 356. The van der Waals surface area contributed by atoms with Crippen molar-refractivity contribution >= 4 is 5.70 Å².